The van der Waals surface area contributed by atoms with Gasteiger partial charge in [-0.2, -0.15) is 13.2 Å². The normalized spacial score (nSPS) is 19.1. The van der Waals surface area contributed by atoms with Crippen LogP contribution in [0.25, 0.3) is 0 Å². The van der Waals surface area contributed by atoms with Gasteiger partial charge >= 0.3 is 6.18 Å². The summed E-state index contributed by atoms with van der Waals surface area (Å²) in [6.07, 6.45) is -3.72. The average molecular weight is 272 g/mol. The van der Waals surface area contributed by atoms with Gasteiger partial charge in [0, 0.05) is 12.1 Å². The number of amides is 2. The fourth-order valence-electron chi connectivity index (χ4n) is 1.78. The van der Waals surface area contributed by atoms with Gasteiger partial charge in [0.1, 0.15) is 6.04 Å². The van der Waals surface area contributed by atoms with Crippen molar-refractivity contribution in [1.82, 2.24) is 5.32 Å². The van der Waals surface area contributed by atoms with E-state index in [4.69, 9.17) is 0 Å². The smallest absolute Gasteiger partial charge is 0.344 e. The van der Waals surface area contributed by atoms with Crippen molar-refractivity contribution in [3.05, 3.63) is 29.8 Å². The number of hydrogen-bond donors (Lipinski definition) is 2. The standard InChI is InChI=1S/C12H11F3N2O2/c13-12(14,15)7-1-3-8(4-2-7)16-11(19)9-5-6-10(18)17-9/h1-4,9H,5-6H2,(H,16,19)(H,17,18)/t9-/m0/s1. The molecular formula is C12H11F3N2O2. The van der Waals surface area contributed by atoms with E-state index in [9.17, 15) is 22.8 Å². The molecule has 4 nitrogen and oxygen atoms in total. The zero-order valence-electron chi connectivity index (χ0n) is 9.75. The molecule has 0 bridgehead atoms. The third kappa shape index (κ3) is 3.24. The van der Waals surface area contributed by atoms with Crippen molar-refractivity contribution < 1.29 is 22.8 Å². The Morgan fingerprint density at radius 3 is 2.37 bits per heavy atom. The van der Waals surface area contributed by atoms with Crippen molar-refractivity contribution in [1.29, 1.82) is 0 Å². The summed E-state index contributed by atoms with van der Waals surface area (Å²) in [4.78, 5) is 22.6. The van der Waals surface area contributed by atoms with Crippen LogP contribution < -0.4 is 10.6 Å². The van der Waals surface area contributed by atoms with Crippen molar-refractivity contribution in [2.75, 3.05) is 5.32 Å². The Kier molecular flexibility index (Phi) is 3.46. The minimum atomic E-state index is -4.40. The van der Waals surface area contributed by atoms with Crippen LogP contribution in [0.5, 0.6) is 0 Å². The summed E-state index contributed by atoms with van der Waals surface area (Å²) in [6, 6.07) is 3.52. The van der Waals surface area contributed by atoms with Crippen molar-refractivity contribution in [3.63, 3.8) is 0 Å². The molecule has 0 saturated carbocycles. The number of benzene rings is 1. The number of rotatable bonds is 2. The van der Waals surface area contributed by atoms with Gasteiger partial charge in [0.05, 0.1) is 5.56 Å². The van der Waals surface area contributed by atoms with Crippen molar-refractivity contribution >= 4 is 17.5 Å². The Bertz CT molecular complexity index is 497. The highest BCUT2D eigenvalue weighted by Gasteiger charge is 2.30. The van der Waals surface area contributed by atoms with Crippen LogP contribution in [0.15, 0.2) is 24.3 Å². The molecule has 102 valence electrons. The van der Waals surface area contributed by atoms with E-state index in [0.717, 1.165) is 12.1 Å². The number of hydrogen-bond acceptors (Lipinski definition) is 2. The van der Waals surface area contributed by atoms with Crippen LogP contribution in [-0.2, 0) is 15.8 Å². The topological polar surface area (TPSA) is 58.2 Å². The zero-order chi connectivity index (χ0) is 14.0. The molecule has 2 N–H and O–H groups in total. The molecule has 7 heteroatoms. The second-order valence-corrected chi connectivity index (χ2v) is 4.22. The van der Waals surface area contributed by atoms with Crippen molar-refractivity contribution in [3.8, 4) is 0 Å². The first kappa shape index (κ1) is 13.4. The van der Waals surface area contributed by atoms with Gasteiger partial charge in [0.2, 0.25) is 11.8 Å². The summed E-state index contributed by atoms with van der Waals surface area (Å²) < 4.78 is 37.0. The number of carbonyl (C=O) groups excluding carboxylic acids is 2. The summed E-state index contributed by atoms with van der Waals surface area (Å²) in [7, 11) is 0. The number of carbonyl (C=O) groups is 2. The first-order valence-corrected chi connectivity index (χ1v) is 5.64. The molecule has 0 aliphatic carbocycles. The average Bonchev–Trinajstić information content (AvgIpc) is 2.75. The minimum Gasteiger partial charge on any atom is -0.344 e. The monoisotopic (exact) mass is 272 g/mol. The molecule has 1 saturated heterocycles. The molecule has 1 fully saturated rings. The highest BCUT2D eigenvalue weighted by molar-refractivity contribution is 5.98. The molecule has 2 amide bonds. The zero-order valence-corrected chi connectivity index (χ0v) is 9.75. The van der Waals surface area contributed by atoms with Crippen LogP contribution >= 0.6 is 0 Å². The van der Waals surface area contributed by atoms with Gasteiger partial charge in [-0.15, -0.1) is 0 Å². The van der Waals surface area contributed by atoms with E-state index < -0.39 is 23.7 Å². The fraction of sp³-hybridized carbons (Fsp3) is 0.333. The largest absolute Gasteiger partial charge is 0.416 e. The molecular weight excluding hydrogens is 261 g/mol. The third-order valence-electron chi connectivity index (χ3n) is 2.79. The molecule has 1 aliphatic heterocycles. The molecule has 0 spiro atoms. The van der Waals surface area contributed by atoms with E-state index in [0.29, 0.717) is 6.42 Å². The van der Waals surface area contributed by atoms with E-state index in [-0.39, 0.29) is 18.0 Å². The number of anilines is 1. The van der Waals surface area contributed by atoms with E-state index >= 15 is 0 Å². The lowest BCUT2D eigenvalue weighted by atomic mass is 10.2. The second-order valence-electron chi connectivity index (χ2n) is 4.22. The lowest BCUT2D eigenvalue weighted by molar-refractivity contribution is -0.137. The fourth-order valence-corrected chi connectivity index (χ4v) is 1.78. The predicted molar refractivity (Wildman–Crippen MR) is 61.2 cm³/mol. The number of halogens is 3. The van der Waals surface area contributed by atoms with Gasteiger partial charge in [-0.1, -0.05) is 0 Å². The summed E-state index contributed by atoms with van der Waals surface area (Å²) >= 11 is 0. The van der Waals surface area contributed by atoms with Gasteiger partial charge in [0.15, 0.2) is 0 Å². The molecule has 1 atom stereocenters. The Hall–Kier alpha value is -2.05. The second kappa shape index (κ2) is 4.91. The van der Waals surface area contributed by atoms with Crippen LogP contribution in [-0.4, -0.2) is 17.9 Å². The highest BCUT2D eigenvalue weighted by Crippen LogP contribution is 2.29. The molecule has 0 unspecified atom stereocenters. The van der Waals surface area contributed by atoms with E-state index in [1.54, 1.807) is 0 Å². The van der Waals surface area contributed by atoms with E-state index in [1.807, 2.05) is 0 Å². The first-order chi connectivity index (χ1) is 8.86. The van der Waals surface area contributed by atoms with Crippen LogP contribution in [0.4, 0.5) is 18.9 Å². The lowest BCUT2D eigenvalue weighted by Crippen LogP contribution is -2.37. The number of nitrogens with one attached hydrogen (secondary N) is 2. The molecule has 1 aliphatic rings. The van der Waals surface area contributed by atoms with Crippen LogP contribution in [0.1, 0.15) is 18.4 Å². The van der Waals surface area contributed by atoms with Crippen LogP contribution in [0.2, 0.25) is 0 Å². The summed E-state index contributed by atoms with van der Waals surface area (Å²) in [5.74, 6) is -0.627. The van der Waals surface area contributed by atoms with Crippen LogP contribution in [0.3, 0.4) is 0 Å². The minimum absolute atomic E-state index is 0.201. The molecule has 19 heavy (non-hydrogen) atoms. The SMILES string of the molecule is O=C1CC[C@@H](C(=O)Nc2ccc(C(F)(F)F)cc2)N1. The maximum atomic E-state index is 12.3. The van der Waals surface area contributed by atoms with Gasteiger partial charge in [-0.05, 0) is 30.7 Å². The molecule has 1 aromatic rings. The Morgan fingerprint density at radius 1 is 1.26 bits per heavy atom. The highest BCUT2D eigenvalue weighted by atomic mass is 19.4. The summed E-state index contributed by atoms with van der Waals surface area (Å²) in [5, 5.41) is 4.94. The molecule has 0 radical (unpaired) electrons. The maximum absolute atomic E-state index is 12.3. The Labute approximate surface area is 107 Å². The summed E-state index contributed by atoms with van der Waals surface area (Å²) in [6.45, 7) is 0. The molecule has 1 heterocycles. The summed E-state index contributed by atoms with van der Waals surface area (Å²) in [5.41, 5.74) is -0.515. The number of alkyl halides is 3. The molecule has 0 aromatic heterocycles. The van der Waals surface area contributed by atoms with Gasteiger partial charge in [-0.3, -0.25) is 9.59 Å². The van der Waals surface area contributed by atoms with Crippen molar-refractivity contribution in [2.24, 2.45) is 0 Å². The predicted octanol–water partition coefficient (Wildman–Crippen LogP) is 1.92. The van der Waals surface area contributed by atoms with Crippen LogP contribution in [0, 0.1) is 0 Å². The van der Waals surface area contributed by atoms with Gasteiger partial charge in [-0.25, -0.2) is 0 Å². The first-order valence-electron chi connectivity index (χ1n) is 5.64. The Morgan fingerprint density at radius 2 is 1.89 bits per heavy atom. The van der Waals surface area contributed by atoms with Crippen molar-refractivity contribution in [2.45, 2.75) is 25.1 Å². The third-order valence-corrected chi connectivity index (χ3v) is 2.79. The van der Waals surface area contributed by atoms with E-state index in [2.05, 4.69) is 10.6 Å². The van der Waals surface area contributed by atoms with E-state index in [1.165, 1.54) is 12.1 Å². The lowest BCUT2D eigenvalue weighted by Gasteiger charge is -2.12. The van der Waals surface area contributed by atoms with Gasteiger partial charge < -0.3 is 10.6 Å². The Balaban J connectivity index is 2.00. The van der Waals surface area contributed by atoms with Gasteiger partial charge in [0.25, 0.3) is 0 Å². The quantitative estimate of drug-likeness (QED) is 0.864. The maximum Gasteiger partial charge on any atom is 0.416 e. The molecule has 1 aromatic carbocycles. The molecule has 2 rings (SSSR count).